The number of nitrogens with one attached hydrogen (secondary N) is 1. The summed E-state index contributed by atoms with van der Waals surface area (Å²) in [7, 11) is 0. The lowest BCUT2D eigenvalue weighted by atomic mass is 10.1. The molecule has 0 aliphatic rings. The highest BCUT2D eigenvalue weighted by Gasteiger charge is 2.12. The first-order valence-corrected chi connectivity index (χ1v) is 8.71. The lowest BCUT2D eigenvalue weighted by molar-refractivity contribution is -0.119. The molecule has 0 bridgehead atoms. The molecule has 2 rings (SSSR count). The van der Waals surface area contributed by atoms with Gasteiger partial charge in [0.05, 0.1) is 11.8 Å². The Morgan fingerprint density at radius 1 is 1.21 bits per heavy atom. The number of rotatable bonds is 6. The summed E-state index contributed by atoms with van der Waals surface area (Å²) in [6.45, 7) is 3.25. The van der Waals surface area contributed by atoms with Crippen molar-refractivity contribution in [1.82, 2.24) is 5.32 Å². The second-order valence-corrected chi connectivity index (χ2v) is 6.78. The van der Waals surface area contributed by atoms with Crippen LogP contribution in [-0.4, -0.2) is 17.4 Å². The van der Waals surface area contributed by atoms with Crippen LogP contribution in [0.2, 0.25) is 5.02 Å². The molecule has 0 saturated carbocycles. The molecule has 0 saturated heterocycles. The maximum atomic E-state index is 13.9. The summed E-state index contributed by atoms with van der Waals surface area (Å²) in [5.41, 5.74) is 1.26. The van der Waals surface area contributed by atoms with Crippen LogP contribution in [-0.2, 0) is 4.79 Å². The molecule has 3 nitrogen and oxygen atoms in total. The Morgan fingerprint density at radius 2 is 1.88 bits per heavy atom. The number of carbonyl (C=O) groups excluding carboxylic acids is 2. The Kier molecular flexibility index (Phi) is 6.40. The summed E-state index contributed by atoms with van der Waals surface area (Å²) in [6, 6.07) is 11.3. The summed E-state index contributed by atoms with van der Waals surface area (Å²) >= 11 is 6.93. The molecule has 126 valence electrons. The number of thioether (sulfide) groups is 1. The normalized spacial score (nSPS) is 11.8. The van der Waals surface area contributed by atoms with Gasteiger partial charge in [0, 0.05) is 15.5 Å². The van der Waals surface area contributed by atoms with Crippen LogP contribution in [0.15, 0.2) is 47.4 Å². The molecular weight excluding hydrogens is 349 g/mol. The van der Waals surface area contributed by atoms with E-state index in [2.05, 4.69) is 5.32 Å². The highest BCUT2D eigenvalue weighted by Crippen LogP contribution is 2.23. The van der Waals surface area contributed by atoms with E-state index in [-0.39, 0.29) is 23.5 Å². The highest BCUT2D eigenvalue weighted by molar-refractivity contribution is 8.00. The van der Waals surface area contributed by atoms with Crippen molar-refractivity contribution in [3.63, 3.8) is 0 Å². The Bertz CT molecular complexity index is 749. The molecular formula is C18H17ClFNO2S. The highest BCUT2D eigenvalue weighted by atomic mass is 35.5. The van der Waals surface area contributed by atoms with Crippen molar-refractivity contribution in [2.45, 2.75) is 24.8 Å². The zero-order valence-corrected chi connectivity index (χ0v) is 14.9. The fourth-order valence-electron chi connectivity index (χ4n) is 2.10. The molecule has 0 aromatic heterocycles. The standard InChI is InChI=1S/C18H17ClFNO2S/c1-11(13-3-6-15(19)7-4-13)21-18(23)10-24-17-8-5-14(12(2)22)9-16(17)20/h3-9,11H,10H2,1-2H3,(H,21,23). The van der Waals surface area contributed by atoms with Crippen LogP contribution in [0.1, 0.15) is 35.8 Å². The first-order chi connectivity index (χ1) is 11.4. The number of carbonyl (C=O) groups is 2. The van der Waals surface area contributed by atoms with E-state index in [0.717, 1.165) is 17.3 Å². The van der Waals surface area contributed by atoms with Crippen LogP contribution in [0.4, 0.5) is 4.39 Å². The van der Waals surface area contributed by atoms with Gasteiger partial charge in [-0.2, -0.15) is 0 Å². The first-order valence-electron chi connectivity index (χ1n) is 7.35. The molecule has 0 aliphatic carbocycles. The summed E-state index contributed by atoms with van der Waals surface area (Å²) in [6.07, 6.45) is 0. The maximum absolute atomic E-state index is 13.9. The zero-order chi connectivity index (χ0) is 17.7. The molecule has 0 aliphatic heterocycles. The second kappa shape index (κ2) is 8.31. The van der Waals surface area contributed by atoms with Crippen molar-refractivity contribution < 1.29 is 14.0 Å². The van der Waals surface area contributed by atoms with Crippen LogP contribution in [0, 0.1) is 5.82 Å². The van der Waals surface area contributed by atoms with Crippen molar-refractivity contribution in [2.75, 3.05) is 5.75 Å². The van der Waals surface area contributed by atoms with E-state index >= 15 is 0 Å². The van der Waals surface area contributed by atoms with Gasteiger partial charge in [-0.1, -0.05) is 29.8 Å². The Morgan fingerprint density at radius 3 is 2.46 bits per heavy atom. The zero-order valence-electron chi connectivity index (χ0n) is 13.3. The Labute approximate surface area is 149 Å². The molecule has 0 radical (unpaired) electrons. The van der Waals surface area contributed by atoms with Gasteiger partial charge in [0.15, 0.2) is 5.78 Å². The van der Waals surface area contributed by atoms with Crippen molar-refractivity contribution in [1.29, 1.82) is 0 Å². The van der Waals surface area contributed by atoms with E-state index in [1.54, 1.807) is 18.2 Å². The average Bonchev–Trinajstić information content (AvgIpc) is 2.54. The minimum atomic E-state index is -0.494. The Balaban J connectivity index is 1.91. The van der Waals surface area contributed by atoms with Crippen LogP contribution < -0.4 is 5.32 Å². The van der Waals surface area contributed by atoms with Gasteiger partial charge in [-0.25, -0.2) is 4.39 Å². The smallest absolute Gasteiger partial charge is 0.230 e. The molecule has 2 aromatic carbocycles. The predicted molar refractivity (Wildman–Crippen MR) is 95.1 cm³/mol. The third-order valence-corrected chi connectivity index (χ3v) is 4.75. The van der Waals surface area contributed by atoms with Crippen LogP contribution in [0.3, 0.4) is 0 Å². The SMILES string of the molecule is CC(=O)c1ccc(SCC(=O)NC(C)c2ccc(Cl)cc2)c(F)c1. The van der Waals surface area contributed by atoms with E-state index in [1.165, 1.54) is 19.1 Å². The number of Topliss-reactive ketones (excluding diaryl/α,β-unsaturated/α-hetero) is 1. The first kappa shape index (κ1) is 18.5. The fraction of sp³-hybridized carbons (Fsp3) is 0.222. The van der Waals surface area contributed by atoms with E-state index in [4.69, 9.17) is 11.6 Å². The topological polar surface area (TPSA) is 46.2 Å². The summed E-state index contributed by atoms with van der Waals surface area (Å²) < 4.78 is 13.9. The lowest BCUT2D eigenvalue weighted by Crippen LogP contribution is -2.28. The van der Waals surface area contributed by atoms with E-state index in [1.807, 2.05) is 19.1 Å². The number of hydrogen-bond donors (Lipinski definition) is 1. The largest absolute Gasteiger partial charge is 0.349 e. The maximum Gasteiger partial charge on any atom is 0.230 e. The van der Waals surface area contributed by atoms with Crippen LogP contribution >= 0.6 is 23.4 Å². The van der Waals surface area contributed by atoms with Crippen LogP contribution in [0.25, 0.3) is 0 Å². The van der Waals surface area contributed by atoms with E-state index in [0.29, 0.717) is 15.5 Å². The number of ketones is 1. The van der Waals surface area contributed by atoms with Gasteiger partial charge >= 0.3 is 0 Å². The molecule has 1 unspecified atom stereocenters. The van der Waals surface area contributed by atoms with Crippen LogP contribution in [0.5, 0.6) is 0 Å². The van der Waals surface area contributed by atoms with Crippen molar-refractivity contribution in [3.05, 3.63) is 64.4 Å². The quantitative estimate of drug-likeness (QED) is 0.598. The third kappa shape index (κ3) is 5.08. The van der Waals surface area contributed by atoms with Gasteiger partial charge in [-0.05, 0) is 43.7 Å². The second-order valence-electron chi connectivity index (χ2n) is 5.33. The number of amides is 1. The molecule has 1 N–H and O–H groups in total. The average molecular weight is 366 g/mol. The minimum absolute atomic E-state index is 0.0915. The molecule has 0 spiro atoms. The third-order valence-electron chi connectivity index (χ3n) is 3.44. The predicted octanol–water partition coefficient (Wildman–Crippen LogP) is 4.65. The van der Waals surface area contributed by atoms with Gasteiger partial charge in [0.2, 0.25) is 5.91 Å². The van der Waals surface area contributed by atoms with Gasteiger partial charge in [-0.15, -0.1) is 11.8 Å². The molecule has 6 heteroatoms. The molecule has 0 heterocycles. The van der Waals surface area contributed by atoms with E-state index in [9.17, 15) is 14.0 Å². The summed E-state index contributed by atoms with van der Waals surface area (Å²) in [4.78, 5) is 23.6. The minimum Gasteiger partial charge on any atom is -0.349 e. The van der Waals surface area contributed by atoms with E-state index < -0.39 is 5.82 Å². The van der Waals surface area contributed by atoms with Gasteiger partial charge in [0.25, 0.3) is 0 Å². The fourth-order valence-corrected chi connectivity index (χ4v) is 2.96. The monoisotopic (exact) mass is 365 g/mol. The number of halogens is 2. The molecule has 2 aromatic rings. The molecule has 0 fully saturated rings. The number of hydrogen-bond acceptors (Lipinski definition) is 3. The van der Waals surface area contributed by atoms with Gasteiger partial charge in [-0.3, -0.25) is 9.59 Å². The van der Waals surface area contributed by atoms with Gasteiger partial charge < -0.3 is 5.32 Å². The van der Waals surface area contributed by atoms with Gasteiger partial charge in [0.1, 0.15) is 5.82 Å². The molecule has 1 atom stereocenters. The Hall–Kier alpha value is -1.85. The van der Waals surface area contributed by atoms with Crippen molar-refractivity contribution in [3.8, 4) is 0 Å². The molecule has 24 heavy (non-hydrogen) atoms. The van der Waals surface area contributed by atoms with Crippen molar-refractivity contribution in [2.24, 2.45) is 0 Å². The number of benzene rings is 2. The lowest BCUT2D eigenvalue weighted by Gasteiger charge is -2.14. The molecule has 1 amide bonds. The summed E-state index contributed by atoms with van der Waals surface area (Å²) in [5, 5.41) is 3.49. The summed E-state index contributed by atoms with van der Waals surface area (Å²) in [5.74, 6) is -0.794. The van der Waals surface area contributed by atoms with Crippen molar-refractivity contribution >= 4 is 35.1 Å².